The monoisotopic (exact) mass is 168 g/mol. The van der Waals surface area contributed by atoms with Gasteiger partial charge in [-0.1, -0.05) is 6.92 Å². The molecule has 10 heavy (non-hydrogen) atoms. The predicted molar refractivity (Wildman–Crippen MR) is 37.8 cm³/mol. The van der Waals surface area contributed by atoms with Crippen LogP contribution < -0.4 is 29.6 Å². The molecule has 0 fully saturated rings. The van der Waals surface area contributed by atoms with Crippen LogP contribution in [0.15, 0.2) is 11.0 Å². The minimum atomic E-state index is -0.356. The molecule has 0 aromatic carbocycles. The Labute approximate surface area is 88.7 Å². The van der Waals surface area contributed by atoms with E-state index in [0.717, 1.165) is 0 Å². The molecule has 0 saturated heterocycles. The molecule has 0 aliphatic carbocycles. The van der Waals surface area contributed by atoms with Crippen molar-refractivity contribution in [3.8, 4) is 0 Å². The molecule has 0 spiro atoms. The first kappa shape index (κ1) is 13.1. The van der Waals surface area contributed by atoms with Crippen LogP contribution in [0.4, 0.5) is 0 Å². The van der Waals surface area contributed by atoms with Gasteiger partial charge in [-0.3, -0.25) is 0 Å². The molecule has 0 aromatic rings. The molecule has 0 atom stereocenters. The van der Waals surface area contributed by atoms with Crippen molar-refractivity contribution in [2.75, 3.05) is 6.61 Å². The smallest absolute Gasteiger partial charge is 0.784 e. The third kappa shape index (κ3) is 8.43. The number of allylic oxidation sites excluding steroid dienone is 1. The number of carbonyl (C=O) groups excluding carboxylic acids is 1. The summed E-state index contributed by atoms with van der Waals surface area (Å²) in [6.07, 6.45) is 1.29. The van der Waals surface area contributed by atoms with E-state index in [2.05, 4.69) is 17.4 Å². The van der Waals surface area contributed by atoms with E-state index in [1.165, 1.54) is 6.08 Å². The minimum Gasteiger partial charge on any atom is -0.784 e. The zero-order chi connectivity index (χ0) is 7.28. The average molecular weight is 168 g/mol. The van der Waals surface area contributed by atoms with E-state index >= 15 is 0 Å². The Morgan fingerprint density at radius 2 is 2.20 bits per heavy atom. The standard InChI is InChI=1S/C6H10O2S.Na/c1-3-8-6(7)4-5(2)9;/h4,9H,3H2,1-2H3;/q;+1/p-1/b5-4+;. The summed E-state index contributed by atoms with van der Waals surface area (Å²) in [5.41, 5.74) is 0. The van der Waals surface area contributed by atoms with E-state index < -0.39 is 0 Å². The summed E-state index contributed by atoms with van der Waals surface area (Å²) in [5, 5.41) is 0. The summed E-state index contributed by atoms with van der Waals surface area (Å²) in [4.78, 5) is 11.0. The summed E-state index contributed by atoms with van der Waals surface area (Å²) in [7, 11) is 0. The van der Waals surface area contributed by atoms with Gasteiger partial charge in [-0.05, 0) is 13.0 Å². The van der Waals surface area contributed by atoms with Crippen LogP contribution in [0.1, 0.15) is 13.8 Å². The molecule has 4 heteroatoms. The zero-order valence-corrected chi connectivity index (χ0v) is 9.33. The number of hydrogen-bond donors (Lipinski definition) is 0. The van der Waals surface area contributed by atoms with E-state index in [4.69, 9.17) is 0 Å². The Kier molecular flexibility index (Phi) is 9.84. The van der Waals surface area contributed by atoms with Gasteiger partial charge in [-0.15, -0.1) is 0 Å². The molecule has 0 saturated carbocycles. The van der Waals surface area contributed by atoms with Crippen LogP contribution in [0.3, 0.4) is 0 Å². The van der Waals surface area contributed by atoms with Crippen molar-refractivity contribution in [1.82, 2.24) is 0 Å². The van der Waals surface area contributed by atoms with Crippen LogP contribution in [-0.4, -0.2) is 12.6 Å². The first-order chi connectivity index (χ1) is 4.16. The van der Waals surface area contributed by atoms with Gasteiger partial charge in [0.05, 0.1) is 6.61 Å². The second kappa shape index (κ2) is 7.54. The van der Waals surface area contributed by atoms with Gasteiger partial charge >= 0.3 is 35.5 Å². The first-order valence-corrected chi connectivity index (χ1v) is 3.09. The molecule has 2 nitrogen and oxygen atoms in total. The summed E-state index contributed by atoms with van der Waals surface area (Å²) >= 11 is 4.63. The molecule has 0 unspecified atom stereocenters. The third-order valence-electron chi connectivity index (χ3n) is 0.608. The molecule has 0 amide bonds. The topological polar surface area (TPSA) is 26.3 Å². The fourth-order valence-electron chi connectivity index (χ4n) is 0.350. The maximum absolute atomic E-state index is 10.5. The number of esters is 1. The Morgan fingerprint density at radius 3 is 2.50 bits per heavy atom. The van der Waals surface area contributed by atoms with Gasteiger partial charge in [0, 0.05) is 0 Å². The number of carbonyl (C=O) groups is 1. The number of ether oxygens (including phenoxy) is 1. The van der Waals surface area contributed by atoms with Crippen LogP contribution >= 0.6 is 0 Å². The van der Waals surface area contributed by atoms with Gasteiger partial charge in [-0.2, -0.15) is 4.91 Å². The zero-order valence-electron chi connectivity index (χ0n) is 6.51. The van der Waals surface area contributed by atoms with E-state index in [9.17, 15) is 4.79 Å². The molecule has 0 aromatic heterocycles. The molecule has 0 aliphatic rings. The largest absolute Gasteiger partial charge is 1.00 e. The number of hydrogen-bond acceptors (Lipinski definition) is 3. The Hall–Kier alpha value is 0.430. The second-order valence-electron chi connectivity index (χ2n) is 1.51. The summed E-state index contributed by atoms with van der Waals surface area (Å²) < 4.78 is 4.57. The van der Waals surface area contributed by atoms with Gasteiger partial charge in [0.25, 0.3) is 0 Å². The van der Waals surface area contributed by atoms with E-state index in [1.54, 1.807) is 13.8 Å². The van der Waals surface area contributed by atoms with Crippen LogP contribution in [-0.2, 0) is 22.2 Å². The van der Waals surface area contributed by atoms with Crippen molar-refractivity contribution >= 4 is 18.6 Å². The van der Waals surface area contributed by atoms with Crippen LogP contribution in [0.25, 0.3) is 0 Å². The van der Waals surface area contributed by atoms with Crippen molar-refractivity contribution in [2.45, 2.75) is 13.8 Å². The fraction of sp³-hybridized carbons (Fsp3) is 0.500. The average Bonchev–Trinajstić information content (AvgIpc) is 1.63. The summed E-state index contributed by atoms with van der Waals surface area (Å²) in [6, 6.07) is 0. The van der Waals surface area contributed by atoms with Crippen LogP contribution in [0.2, 0.25) is 0 Å². The minimum absolute atomic E-state index is 0. The maximum atomic E-state index is 10.5. The molecule has 0 N–H and O–H groups in total. The van der Waals surface area contributed by atoms with Crippen molar-refractivity contribution in [2.24, 2.45) is 0 Å². The molecular weight excluding hydrogens is 159 g/mol. The first-order valence-electron chi connectivity index (χ1n) is 2.69. The molecular formula is C6H9NaO2S. The van der Waals surface area contributed by atoms with Gasteiger partial charge in [0.2, 0.25) is 0 Å². The van der Waals surface area contributed by atoms with Crippen molar-refractivity contribution in [3.05, 3.63) is 11.0 Å². The Bertz CT molecular complexity index is 130. The van der Waals surface area contributed by atoms with Gasteiger partial charge in [0.15, 0.2) is 0 Å². The normalized spacial score (nSPS) is 10.0. The molecule has 52 valence electrons. The summed E-state index contributed by atoms with van der Waals surface area (Å²) in [5.74, 6) is -0.356. The van der Waals surface area contributed by atoms with Crippen LogP contribution in [0, 0.1) is 0 Å². The van der Waals surface area contributed by atoms with Gasteiger partial charge in [0.1, 0.15) is 0 Å². The SMILES string of the molecule is CCOC(=O)/C=C(\C)[S-].[Na+]. The molecule has 0 heterocycles. The Balaban J connectivity index is 0. The predicted octanol–water partition coefficient (Wildman–Crippen LogP) is -2.00. The Morgan fingerprint density at radius 1 is 1.70 bits per heavy atom. The van der Waals surface area contributed by atoms with Crippen molar-refractivity contribution in [3.63, 3.8) is 0 Å². The number of rotatable bonds is 2. The van der Waals surface area contributed by atoms with Gasteiger partial charge in [-0.25, -0.2) is 4.79 Å². The molecule has 0 aliphatic heterocycles. The molecule has 0 radical (unpaired) electrons. The summed E-state index contributed by atoms with van der Waals surface area (Å²) in [6.45, 7) is 3.83. The van der Waals surface area contributed by atoms with Crippen molar-refractivity contribution in [1.29, 1.82) is 0 Å². The third-order valence-corrected chi connectivity index (χ3v) is 0.726. The van der Waals surface area contributed by atoms with E-state index in [1.807, 2.05) is 0 Å². The van der Waals surface area contributed by atoms with E-state index in [0.29, 0.717) is 11.5 Å². The van der Waals surface area contributed by atoms with Crippen molar-refractivity contribution < 1.29 is 39.1 Å². The van der Waals surface area contributed by atoms with Gasteiger partial charge < -0.3 is 17.4 Å². The second-order valence-corrected chi connectivity index (χ2v) is 2.15. The maximum Gasteiger partial charge on any atom is 1.00 e. The fourth-order valence-corrected chi connectivity index (χ4v) is 0.446. The molecule has 0 bridgehead atoms. The van der Waals surface area contributed by atoms with Crippen LogP contribution in [0.5, 0.6) is 0 Å². The molecule has 0 rings (SSSR count). The van der Waals surface area contributed by atoms with E-state index in [-0.39, 0.29) is 35.5 Å². The quantitative estimate of drug-likeness (QED) is 0.206.